The summed E-state index contributed by atoms with van der Waals surface area (Å²) in [5, 5.41) is 2.93. The third kappa shape index (κ3) is 4.14. The Morgan fingerprint density at radius 2 is 2.00 bits per heavy atom. The van der Waals surface area contributed by atoms with Gasteiger partial charge in [0.15, 0.2) is 0 Å². The van der Waals surface area contributed by atoms with Gasteiger partial charge in [-0.2, -0.15) is 0 Å². The number of aryl methyl sites for hydroxylation is 1. The maximum atomic E-state index is 11.9. The van der Waals surface area contributed by atoms with E-state index in [9.17, 15) is 4.79 Å². The quantitative estimate of drug-likeness (QED) is 0.823. The number of amides is 1. The first-order chi connectivity index (χ1) is 9.29. The van der Waals surface area contributed by atoms with Crippen LogP contribution in [0.2, 0.25) is 0 Å². The van der Waals surface area contributed by atoms with Gasteiger partial charge in [0.05, 0.1) is 12.3 Å². The molecule has 0 radical (unpaired) electrons. The second-order valence-electron chi connectivity index (χ2n) is 4.26. The largest absolute Gasteiger partial charge is 0.469 e. The van der Waals surface area contributed by atoms with Gasteiger partial charge in [0, 0.05) is 18.7 Å². The van der Waals surface area contributed by atoms with Crippen LogP contribution in [0, 0.1) is 0 Å². The van der Waals surface area contributed by atoms with Crippen LogP contribution in [-0.2, 0) is 11.2 Å². The number of hydrogen-bond acceptors (Lipinski definition) is 2. The Morgan fingerprint density at radius 3 is 2.63 bits per heavy atom. The summed E-state index contributed by atoms with van der Waals surface area (Å²) in [6, 6.07) is 13.3. The van der Waals surface area contributed by atoms with E-state index in [-0.39, 0.29) is 11.9 Å². The van der Waals surface area contributed by atoms with Crippen LogP contribution < -0.4 is 5.32 Å². The third-order valence-corrected chi connectivity index (χ3v) is 3.18. The Labute approximate surface area is 117 Å². The van der Waals surface area contributed by atoms with Crippen LogP contribution in [0.1, 0.15) is 23.8 Å². The molecule has 0 saturated heterocycles. The highest BCUT2D eigenvalue weighted by atomic mass is 35.5. The molecule has 1 aromatic heterocycles. The highest BCUT2D eigenvalue weighted by Gasteiger charge is 2.13. The van der Waals surface area contributed by atoms with Gasteiger partial charge >= 0.3 is 0 Å². The zero-order chi connectivity index (χ0) is 13.5. The molecule has 0 saturated carbocycles. The lowest BCUT2D eigenvalue weighted by Crippen LogP contribution is -2.29. The van der Waals surface area contributed by atoms with Crippen LogP contribution in [0.25, 0.3) is 0 Å². The number of rotatable bonds is 6. The van der Waals surface area contributed by atoms with Crippen LogP contribution in [-0.4, -0.2) is 11.8 Å². The smallest absolute Gasteiger partial charge is 0.220 e. The molecular formula is C15H16ClNO2. The van der Waals surface area contributed by atoms with Crippen molar-refractivity contribution in [1.29, 1.82) is 0 Å². The van der Waals surface area contributed by atoms with Crippen molar-refractivity contribution in [2.45, 2.75) is 18.9 Å². The molecule has 0 aliphatic heterocycles. The number of halogens is 1. The van der Waals surface area contributed by atoms with Crippen LogP contribution in [0.15, 0.2) is 53.1 Å². The predicted molar refractivity (Wildman–Crippen MR) is 75.1 cm³/mol. The number of furan rings is 1. The lowest BCUT2D eigenvalue weighted by molar-refractivity contribution is -0.121. The summed E-state index contributed by atoms with van der Waals surface area (Å²) in [5.74, 6) is 1.15. The van der Waals surface area contributed by atoms with Gasteiger partial charge in [-0.15, -0.1) is 11.6 Å². The van der Waals surface area contributed by atoms with Gasteiger partial charge < -0.3 is 9.73 Å². The number of carbonyl (C=O) groups excluding carboxylic acids is 1. The summed E-state index contributed by atoms with van der Waals surface area (Å²) < 4.78 is 5.19. The Kier molecular flexibility index (Phi) is 5.04. The van der Waals surface area contributed by atoms with Crippen molar-refractivity contribution in [3.8, 4) is 0 Å². The Hall–Kier alpha value is -1.74. The molecule has 1 atom stereocenters. The van der Waals surface area contributed by atoms with Gasteiger partial charge in [0.1, 0.15) is 5.76 Å². The van der Waals surface area contributed by atoms with Crippen molar-refractivity contribution < 1.29 is 9.21 Å². The zero-order valence-corrected chi connectivity index (χ0v) is 11.3. The molecule has 1 N–H and O–H groups in total. The van der Waals surface area contributed by atoms with Crippen molar-refractivity contribution >= 4 is 17.5 Å². The summed E-state index contributed by atoms with van der Waals surface area (Å²) in [4.78, 5) is 11.9. The lowest BCUT2D eigenvalue weighted by Gasteiger charge is -2.16. The predicted octanol–water partition coefficient (Wildman–Crippen LogP) is 3.31. The molecule has 1 heterocycles. The standard InChI is InChI=1S/C15H16ClNO2/c16-11-14(12-5-2-1-3-6-12)17-15(18)9-8-13-7-4-10-19-13/h1-7,10,14H,8-9,11H2,(H,17,18). The molecule has 4 heteroatoms. The molecule has 1 unspecified atom stereocenters. The molecule has 100 valence electrons. The highest BCUT2D eigenvalue weighted by Crippen LogP contribution is 2.14. The number of carbonyl (C=O) groups is 1. The second-order valence-corrected chi connectivity index (χ2v) is 4.57. The first-order valence-corrected chi connectivity index (χ1v) is 6.75. The molecule has 3 nitrogen and oxygen atoms in total. The highest BCUT2D eigenvalue weighted by molar-refractivity contribution is 6.18. The normalized spacial score (nSPS) is 12.1. The second kappa shape index (κ2) is 7.00. The average molecular weight is 278 g/mol. The van der Waals surface area contributed by atoms with Crippen LogP contribution in [0.4, 0.5) is 0 Å². The molecule has 2 rings (SSSR count). The summed E-state index contributed by atoms with van der Waals surface area (Å²) in [6.45, 7) is 0. The number of alkyl halides is 1. The van der Waals surface area contributed by atoms with Crippen molar-refractivity contribution in [1.82, 2.24) is 5.32 Å². The minimum absolute atomic E-state index is 0.0223. The van der Waals surface area contributed by atoms with Crippen LogP contribution in [0.5, 0.6) is 0 Å². The molecule has 0 bridgehead atoms. The molecule has 1 amide bonds. The maximum Gasteiger partial charge on any atom is 0.220 e. The average Bonchev–Trinajstić information content (AvgIpc) is 2.97. The van der Waals surface area contributed by atoms with Gasteiger partial charge in [-0.3, -0.25) is 4.79 Å². The van der Waals surface area contributed by atoms with Gasteiger partial charge in [0.25, 0.3) is 0 Å². The topological polar surface area (TPSA) is 42.2 Å². The van der Waals surface area contributed by atoms with E-state index in [1.165, 1.54) is 0 Å². The fourth-order valence-electron chi connectivity index (χ4n) is 1.85. The molecule has 0 spiro atoms. The maximum absolute atomic E-state index is 11.9. The summed E-state index contributed by atoms with van der Waals surface area (Å²) in [7, 11) is 0. The lowest BCUT2D eigenvalue weighted by atomic mass is 10.1. The fraction of sp³-hybridized carbons (Fsp3) is 0.267. The summed E-state index contributed by atoms with van der Waals surface area (Å²) in [5.41, 5.74) is 1.02. The first kappa shape index (κ1) is 13.7. The van der Waals surface area contributed by atoms with E-state index in [1.807, 2.05) is 42.5 Å². The van der Waals surface area contributed by atoms with E-state index in [4.69, 9.17) is 16.0 Å². The fourth-order valence-corrected chi connectivity index (χ4v) is 2.11. The number of benzene rings is 1. The molecular weight excluding hydrogens is 262 g/mol. The van der Waals surface area contributed by atoms with Crippen molar-refractivity contribution in [3.63, 3.8) is 0 Å². The molecule has 0 aliphatic carbocycles. The van der Waals surface area contributed by atoms with E-state index in [0.717, 1.165) is 11.3 Å². The van der Waals surface area contributed by atoms with Gasteiger partial charge in [0.2, 0.25) is 5.91 Å². The monoisotopic (exact) mass is 277 g/mol. The first-order valence-electron chi connectivity index (χ1n) is 6.22. The van der Waals surface area contributed by atoms with Crippen LogP contribution >= 0.6 is 11.6 Å². The minimum atomic E-state index is -0.146. The number of nitrogens with one attached hydrogen (secondary N) is 1. The SMILES string of the molecule is O=C(CCc1ccco1)NC(CCl)c1ccccc1. The van der Waals surface area contributed by atoms with Gasteiger partial charge in [-0.05, 0) is 17.7 Å². The molecule has 1 aromatic carbocycles. The molecule has 19 heavy (non-hydrogen) atoms. The Balaban J connectivity index is 1.86. The van der Waals surface area contributed by atoms with Crippen molar-refractivity contribution in [2.24, 2.45) is 0 Å². The molecule has 0 fully saturated rings. The van der Waals surface area contributed by atoms with Crippen molar-refractivity contribution in [2.75, 3.05) is 5.88 Å². The van der Waals surface area contributed by atoms with E-state index in [0.29, 0.717) is 18.7 Å². The Bertz CT molecular complexity index is 496. The van der Waals surface area contributed by atoms with Crippen molar-refractivity contribution in [3.05, 3.63) is 60.1 Å². The third-order valence-electron chi connectivity index (χ3n) is 2.87. The van der Waals surface area contributed by atoms with E-state index in [1.54, 1.807) is 6.26 Å². The van der Waals surface area contributed by atoms with E-state index >= 15 is 0 Å². The summed E-state index contributed by atoms with van der Waals surface area (Å²) >= 11 is 5.91. The zero-order valence-electron chi connectivity index (χ0n) is 10.5. The van der Waals surface area contributed by atoms with Gasteiger partial charge in [-0.25, -0.2) is 0 Å². The van der Waals surface area contributed by atoms with Crippen LogP contribution in [0.3, 0.4) is 0 Å². The summed E-state index contributed by atoms with van der Waals surface area (Å²) in [6.07, 6.45) is 2.61. The van der Waals surface area contributed by atoms with Gasteiger partial charge in [-0.1, -0.05) is 30.3 Å². The molecule has 0 aliphatic rings. The Morgan fingerprint density at radius 1 is 1.21 bits per heavy atom. The van der Waals surface area contributed by atoms with E-state index < -0.39 is 0 Å². The number of hydrogen-bond donors (Lipinski definition) is 1. The molecule has 2 aromatic rings. The van der Waals surface area contributed by atoms with E-state index in [2.05, 4.69) is 5.32 Å². The minimum Gasteiger partial charge on any atom is -0.469 e.